The molecular weight excluding hydrogens is 570 g/mol. The third-order valence-electron chi connectivity index (χ3n) is 7.11. The smallest absolute Gasteiger partial charge is 0.291 e. The van der Waals surface area contributed by atoms with Crippen molar-refractivity contribution in [3.05, 3.63) is 106 Å². The zero-order valence-corrected chi connectivity index (χ0v) is 26.0. The average molecular weight is 606 g/mol. The van der Waals surface area contributed by atoms with Crippen molar-refractivity contribution in [3.8, 4) is 39.8 Å². The van der Waals surface area contributed by atoms with E-state index < -0.39 is 0 Å². The summed E-state index contributed by atoms with van der Waals surface area (Å²) in [7, 11) is 0. The molecule has 224 valence electrons. The van der Waals surface area contributed by atoms with E-state index in [-0.39, 0.29) is 11.7 Å². The minimum absolute atomic E-state index is 0.0860. The van der Waals surface area contributed by atoms with Crippen LogP contribution in [0.4, 0.5) is 0 Å². The van der Waals surface area contributed by atoms with Crippen molar-refractivity contribution in [3.63, 3.8) is 0 Å². The number of benzene rings is 3. The molecule has 0 radical (unpaired) electrons. The van der Waals surface area contributed by atoms with E-state index in [1.54, 1.807) is 0 Å². The molecule has 0 atom stereocenters. The Kier molecular flexibility index (Phi) is 8.84. The van der Waals surface area contributed by atoms with E-state index >= 15 is 0 Å². The van der Waals surface area contributed by atoms with Crippen LogP contribution in [0.15, 0.2) is 89.9 Å². The molecule has 44 heavy (non-hydrogen) atoms. The standard InChI is InChI=1S/C35H35N5O3S/c1-4-5-6-10-21-42-29-17-15-26(16-18-29)33-36-35-40(38-33)34(41)31(44-35)22-27-23-39(28-11-8-7-9-12-28)37-32(27)25-13-19-30(20-14-25)43-24(2)3/h7-9,11-20,22-24H,4-6,10,21H2,1-3H3/b31-22+. The highest BCUT2D eigenvalue weighted by molar-refractivity contribution is 7.15. The Morgan fingerprint density at radius 2 is 1.59 bits per heavy atom. The maximum atomic E-state index is 13.5. The Balaban J connectivity index is 1.29. The third kappa shape index (κ3) is 6.58. The lowest BCUT2D eigenvalue weighted by Gasteiger charge is -2.09. The Morgan fingerprint density at radius 1 is 0.864 bits per heavy atom. The molecular formula is C35H35N5O3S. The molecule has 0 amide bonds. The Bertz CT molecular complexity index is 1940. The fraction of sp³-hybridized carbons (Fsp3) is 0.257. The fourth-order valence-corrected chi connectivity index (χ4v) is 5.81. The van der Waals surface area contributed by atoms with Gasteiger partial charge in [0.25, 0.3) is 5.56 Å². The molecule has 0 bridgehead atoms. The monoisotopic (exact) mass is 605 g/mol. The van der Waals surface area contributed by atoms with Gasteiger partial charge in [0, 0.05) is 22.9 Å². The number of rotatable bonds is 12. The summed E-state index contributed by atoms with van der Waals surface area (Å²) in [6.07, 6.45) is 8.56. The van der Waals surface area contributed by atoms with Gasteiger partial charge in [-0.3, -0.25) is 4.79 Å². The quantitative estimate of drug-likeness (QED) is 0.140. The van der Waals surface area contributed by atoms with Crippen LogP contribution in [-0.4, -0.2) is 37.1 Å². The molecule has 0 unspecified atom stereocenters. The van der Waals surface area contributed by atoms with Gasteiger partial charge in [0.1, 0.15) is 17.2 Å². The summed E-state index contributed by atoms with van der Waals surface area (Å²) >= 11 is 1.31. The predicted octanol–water partition coefficient (Wildman–Crippen LogP) is 6.96. The number of ether oxygens (including phenoxy) is 2. The van der Waals surface area contributed by atoms with Gasteiger partial charge in [-0.05, 0) is 87.0 Å². The van der Waals surface area contributed by atoms with Crippen molar-refractivity contribution in [2.45, 2.75) is 52.6 Å². The van der Waals surface area contributed by atoms with Crippen molar-refractivity contribution >= 4 is 22.4 Å². The van der Waals surface area contributed by atoms with Gasteiger partial charge in [0.2, 0.25) is 4.96 Å². The number of para-hydroxylation sites is 1. The highest BCUT2D eigenvalue weighted by Gasteiger charge is 2.15. The van der Waals surface area contributed by atoms with Crippen LogP contribution in [0.2, 0.25) is 0 Å². The van der Waals surface area contributed by atoms with Gasteiger partial charge in [0.15, 0.2) is 5.82 Å². The number of thiazole rings is 1. The molecule has 6 rings (SSSR count). The summed E-state index contributed by atoms with van der Waals surface area (Å²) in [5.74, 6) is 2.13. The largest absolute Gasteiger partial charge is 0.494 e. The van der Waals surface area contributed by atoms with Gasteiger partial charge in [-0.2, -0.15) is 14.6 Å². The first-order chi connectivity index (χ1) is 21.5. The number of fused-ring (bicyclic) bond motifs is 1. The number of hydrogen-bond acceptors (Lipinski definition) is 7. The van der Waals surface area contributed by atoms with Crippen LogP contribution in [-0.2, 0) is 0 Å². The van der Waals surface area contributed by atoms with E-state index in [0.29, 0.717) is 21.9 Å². The molecule has 3 aromatic heterocycles. The van der Waals surface area contributed by atoms with Crippen molar-refractivity contribution in [2.75, 3.05) is 6.61 Å². The lowest BCUT2D eigenvalue weighted by molar-refractivity contribution is 0.242. The van der Waals surface area contributed by atoms with Crippen molar-refractivity contribution in [1.82, 2.24) is 24.4 Å². The first-order valence-electron chi connectivity index (χ1n) is 15.0. The second-order valence-corrected chi connectivity index (χ2v) is 11.9. The van der Waals surface area contributed by atoms with Gasteiger partial charge in [-0.1, -0.05) is 55.7 Å². The maximum absolute atomic E-state index is 13.5. The van der Waals surface area contributed by atoms with Crippen LogP contribution in [0.3, 0.4) is 0 Å². The van der Waals surface area contributed by atoms with Gasteiger partial charge >= 0.3 is 0 Å². The number of hydrogen-bond donors (Lipinski definition) is 0. The fourth-order valence-electron chi connectivity index (χ4n) is 4.91. The normalized spacial score (nSPS) is 12.0. The van der Waals surface area contributed by atoms with E-state index in [0.717, 1.165) is 46.0 Å². The highest BCUT2D eigenvalue weighted by Crippen LogP contribution is 2.27. The van der Waals surface area contributed by atoms with Crippen LogP contribution in [0.1, 0.15) is 52.0 Å². The molecule has 0 fully saturated rings. The SMILES string of the molecule is CCCCCCOc1ccc(-c2nc3s/c(=C/c4cn(-c5ccccc5)nc4-c4ccc(OC(C)C)cc4)c(=O)n3n2)cc1. The van der Waals surface area contributed by atoms with Crippen molar-refractivity contribution < 1.29 is 9.47 Å². The summed E-state index contributed by atoms with van der Waals surface area (Å²) in [4.78, 5) is 18.7. The molecule has 0 spiro atoms. The molecule has 6 aromatic rings. The first-order valence-corrected chi connectivity index (χ1v) is 15.9. The minimum Gasteiger partial charge on any atom is -0.494 e. The summed E-state index contributed by atoms with van der Waals surface area (Å²) < 4.78 is 15.4. The van der Waals surface area contributed by atoms with Gasteiger partial charge < -0.3 is 9.47 Å². The van der Waals surface area contributed by atoms with Crippen LogP contribution in [0.5, 0.6) is 11.5 Å². The van der Waals surface area contributed by atoms with Crippen LogP contribution >= 0.6 is 11.3 Å². The summed E-state index contributed by atoms with van der Waals surface area (Å²) in [5, 5.41) is 9.44. The van der Waals surface area contributed by atoms with Gasteiger partial charge in [-0.15, -0.1) is 5.10 Å². The predicted molar refractivity (Wildman–Crippen MR) is 176 cm³/mol. The van der Waals surface area contributed by atoms with Crippen LogP contribution < -0.4 is 19.6 Å². The molecule has 8 nitrogen and oxygen atoms in total. The molecule has 3 aromatic carbocycles. The van der Waals surface area contributed by atoms with Gasteiger partial charge in [0.05, 0.1) is 22.9 Å². The minimum atomic E-state index is -0.213. The van der Waals surface area contributed by atoms with Crippen molar-refractivity contribution in [2.24, 2.45) is 0 Å². The zero-order valence-electron chi connectivity index (χ0n) is 25.1. The molecule has 3 heterocycles. The average Bonchev–Trinajstić information content (AvgIpc) is 3.73. The lowest BCUT2D eigenvalue weighted by atomic mass is 10.1. The summed E-state index contributed by atoms with van der Waals surface area (Å²) in [5.41, 5.74) is 4.05. The molecule has 0 saturated heterocycles. The Hall–Kier alpha value is -4.76. The molecule has 0 N–H and O–H groups in total. The number of unbranched alkanes of at least 4 members (excludes halogenated alkanes) is 3. The van der Waals surface area contributed by atoms with Gasteiger partial charge in [-0.25, -0.2) is 4.68 Å². The number of nitrogens with zero attached hydrogens (tertiary/aromatic N) is 5. The van der Waals surface area contributed by atoms with E-state index in [4.69, 9.17) is 14.6 Å². The first kappa shape index (κ1) is 29.3. The maximum Gasteiger partial charge on any atom is 0.291 e. The summed E-state index contributed by atoms with van der Waals surface area (Å²) in [6.45, 7) is 6.91. The molecule has 0 aliphatic heterocycles. The molecule has 0 aliphatic carbocycles. The third-order valence-corrected chi connectivity index (χ3v) is 8.07. The highest BCUT2D eigenvalue weighted by atomic mass is 32.1. The van der Waals surface area contributed by atoms with E-state index in [1.807, 2.05) is 110 Å². The van der Waals surface area contributed by atoms with E-state index in [9.17, 15) is 4.79 Å². The summed E-state index contributed by atoms with van der Waals surface area (Å²) in [6, 6.07) is 25.5. The van der Waals surface area contributed by atoms with Crippen molar-refractivity contribution in [1.29, 1.82) is 0 Å². The van der Waals surface area contributed by atoms with E-state index in [1.165, 1.54) is 35.1 Å². The molecule has 9 heteroatoms. The Labute approximate surface area is 260 Å². The van der Waals surface area contributed by atoms with Crippen LogP contribution in [0, 0.1) is 0 Å². The zero-order chi connectivity index (χ0) is 30.5. The Morgan fingerprint density at radius 3 is 2.30 bits per heavy atom. The number of aromatic nitrogens is 5. The lowest BCUT2D eigenvalue weighted by Crippen LogP contribution is -2.23. The molecule has 0 aliphatic rings. The van der Waals surface area contributed by atoms with Crippen LogP contribution in [0.25, 0.3) is 39.4 Å². The molecule has 0 saturated carbocycles. The topological polar surface area (TPSA) is 83.5 Å². The second-order valence-electron chi connectivity index (χ2n) is 10.9. The van der Waals surface area contributed by atoms with E-state index in [2.05, 4.69) is 17.0 Å². The second kappa shape index (κ2) is 13.3.